The van der Waals surface area contributed by atoms with Crippen molar-refractivity contribution in [1.29, 1.82) is 0 Å². The maximum absolute atomic E-state index is 12.2. The van der Waals surface area contributed by atoms with Crippen LogP contribution < -0.4 is 10.6 Å². The zero-order chi connectivity index (χ0) is 15.8. The summed E-state index contributed by atoms with van der Waals surface area (Å²) in [5.41, 5.74) is 0.0659. The monoisotopic (exact) mass is 296 g/mol. The number of nitrogens with one attached hydrogen (secondary N) is 2. The smallest absolute Gasteiger partial charge is 0.325 e. The maximum Gasteiger partial charge on any atom is 0.325 e. The van der Waals surface area contributed by atoms with Gasteiger partial charge < -0.3 is 10.2 Å². The molecule has 2 fully saturated rings. The number of carbonyl (C=O) groups is 2. The van der Waals surface area contributed by atoms with Crippen molar-refractivity contribution >= 4 is 12.1 Å². The Bertz CT molecular complexity index is 415. The van der Waals surface area contributed by atoms with E-state index < -0.39 is 6.03 Å². The largest absolute Gasteiger partial charge is 0.336 e. The van der Waals surface area contributed by atoms with Crippen molar-refractivity contribution in [3.05, 3.63) is 0 Å². The Morgan fingerprint density at radius 1 is 1.14 bits per heavy atom. The van der Waals surface area contributed by atoms with Crippen LogP contribution in [-0.4, -0.2) is 58.6 Å². The molecule has 6 nitrogen and oxygen atoms in total. The molecule has 0 radical (unpaired) electrons. The molecule has 0 unspecified atom stereocenters. The predicted octanol–water partition coefficient (Wildman–Crippen LogP) is 1.76. The van der Waals surface area contributed by atoms with Crippen molar-refractivity contribution < 1.29 is 9.59 Å². The van der Waals surface area contributed by atoms with Crippen LogP contribution in [0.5, 0.6) is 0 Å². The number of likely N-dealkylation sites (tertiary alicyclic amines) is 1. The molecule has 0 saturated carbocycles. The van der Waals surface area contributed by atoms with Crippen molar-refractivity contribution in [2.75, 3.05) is 19.6 Å². The Balaban J connectivity index is 2.21. The summed E-state index contributed by atoms with van der Waals surface area (Å²) in [5.74, 6) is 0. The van der Waals surface area contributed by atoms with Crippen LogP contribution in [0.3, 0.4) is 0 Å². The lowest BCUT2D eigenvalue weighted by atomic mass is 9.76. The van der Waals surface area contributed by atoms with E-state index in [1.54, 1.807) is 0 Å². The molecular formula is C15H28N4O2. The number of piperidine rings is 1. The molecule has 2 heterocycles. The summed E-state index contributed by atoms with van der Waals surface area (Å²) in [6.45, 7) is 13.2. The highest BCUT2D eigenvalue weighted by molar-refractivity contribution is 5.94. The summed E-state index contributed by atoms with van der Waals surface area (Å²) in [5, 5.41) is 5.07. The predicted molar refractivity (Wildman–Crippen MR) is 82.2 cm³/mol. The number of imide groups is 1. The van der Waals surface area contributed by atoms with Crippen LogP contribution in [0.25, 0.3) is 0 Å². The molecular weight excluding hydrogens is 268 g/mol. The van der Waals surface area contributed by atoms with Crippen LogP contribution in [0.2, 0.25) is 0 Å². The molecule has 2 aliphatic rings. The molecule has 0 aromatic heterocycles. The number of nitrogens with zero attached hydrogens (tertiary/aromatic N) is 2. The van der Waals surface area contributed by atoms with Gasteiger partial charge in [0.2, 0.25) is 0 Å². The fraction of sp³-hybridized carbons (Fsp3) is 0.867. The molecule has 21 heavy (non-hydrogen) atoms. The standard InChI is InChI=1S/C15H28N4O2/c1-6-19-14(2,3)9-11(10-15(19,4)5)18-8-7-16-12(20)17-13(18)21/h11H,6-10H2,1-5H3,(H2,16,17,20,21). The van der Waals surface area contributed by atoms with E-state index in [1.165, 1.54) is 0 Å². The zero-order valence-corrected chi connectivity index (χ0v) is 13.8. The average molecular weight is 296 g/mol. The van der Waals surface area contributed by atoms with Crippen LogP contribution in [0.4, 0.5) is 9.59 Å². The SMILES string of the molecule is CCN1C(C)(C)CC(N2CCNC(=O)NC2=O)CC1(C)C. The van der Waals surface area contributed by atoms with Crippen LogP contribution >= 0.6 is 0 Å². The van der Waals surface area contributed by atoms with Crippen molar-refractivity contribution in [3.8, 4) is 0 Å². The topological polar surface area (TPSA) is 64.7 Å². The molecule has 2 rings (SSSR count). The lowest BCUT2D eigenvalue weighted by molar-refractivity contribution is -0.0534. The third kappa shape index (κ3) is 3.15. The van der Waals surface area contributed by atoms with Crippen molar-refractivity contribution in [2.45, 2.75) is 64.6 Å². The van der Waals surface area contributed by atoms with E-state index in [0.717, 1.165) is 19.4 Å². The summed E-state index contributed by atoms with van der Waals surface area (Å²) >= 11 is 0. The molecule has 6 heteroatoms. The molecule has 0 bridgehead atoms. The van der Waals surface area contributed by atoms with Gasteiger partial charge in [-0.05, 0) is 47.1 Å². The summed E-state index contributed by atoms with van der Waals surface area (Å²) in [6.07, 6.45) is 1.85. The first-order valence-corrected chi connectivity index (χ1v) is 7.80. The number of carbonyl (C=O) groups excluding carboxylic acids is 2. The van der Waals surface area contributed by atoms with E-state index in [-0.39, 0.29) is 23.2 Å². The van der Waals surface area contributed by atoms with E-state index in [1.807, 2.05) is 4.90 Å². The third-order valence-corrected chi connectivity index (χ3v) is 4.81. The van der Waals surface area contributed by atoms with Gasteiger partial charge in [-0.25, -0.2) is 9.59 Å². The van der Waals surface area contributed by atoms with Gasteiger partial charge in [-0.3, -0.25) is 10.2 Å². The van der Waals surface area contributed by atoms with Crippen LogP contribution in [0, 0.1) is 0 Å². The first-order chi connectivity index (χ1) is 9.67. The average Bonchev–Trinajstić information content (AvgIpc) is 2.47. The van der Waals surface area contributed by atoms with E-state index >= 15 is 0 Å². The fourth-order valence-corrected chi connectivity index (χ4v) is 4.29. The van der Waals surface area contributed by atoms with E-state index in [2.05, 4.69) is 50.2 Å². The minimum absolute atomic E-state index is 0.0329. The highest BCUT2D eigenvalue weighted by atomic mass is 16.2. The summed E-state index contributed by atoms with van der Waals surface area (Å²) in [7, 11) is 0. The second-order valence-electron chi connectivity index (χ2n) is 7.31. The number of urea groups is 2. The van der Waals surface area contributed by atoms with Gasteiger partial charge in [0, 0.05) is 30.2 Å². The van der Waals surface area contributed by atoms with E-state index in [9.17, 15) is 9.59 Å². The lowest BCUT2D eigenvalue weighted by Crippen LogP contribution is -2.65. The van der Waals surface area contributed by atoms with Crippen molar-refractivity contribution in [3.63, 3.8) is 0 Å². The highest BCUT2D eigenvalue weighted by Crippen LogP contribution is 2.39. The Morgan fingerprint density at radius 2 is 1.71 bits per heavy atom. The second-order valence-corrected chi connectivity index (χ2v) is 7.31. The van der Waals surface area contributed by atoms with Gasteiger partial charge in [0.05, 0.1) is 0 Å². The van der Waals surface area contributed by atoms with Crippen LogP contribution in [-0.2, 0) is 0 Å². The van der Waals surface area contributed by atoms with Gasteiger partial charge in [0.15, 0.2) is 0 Å². The number of hydrogen-bond donors (Lipinski definition) is 2. The van der Waals surface area contributed by atoms with Crippen molar-refractivity contribution in [1.82, 2.24) is 20.4 Å². The first kappa shape index (κ1) is 16.1. The normalized spacial score (nSPS) is 27.0. The molecule has 0 aromatic carbocycles. The van der Waals surface area contributed by atoms with Gasteiger partial charge in [-0.2, -0.15) is 0 Å². The molecule has 4 amide bonds. The fourth-order valence-electron chi connectivity index (χ4n) is 4.29. The summed E-state index contributed by atoms with van der Waals surface area (Å²) in [4.78, 5) is 28.0. The minimum Gasteiger partial charge on any atom is -0.336 e. The quantitative estimate of drug-likeness (QED) is 0.816. The Labute approximate surface area is 127 Å². The molecule has 0 atom stereocenters. The van der Waals surface area contributed by atoms with Gasteiger partial charge in [-0.1, -0.05) is 6.92 Å². The van der Waals surface area contributed by atoms with Crippen molar-refractivity contribution in [2.24, 2.45) is 0 Å². The lowest BCUT2D eigenvalue weighted by Gasteiger charge is -2.56. The summed E-state index contributed by atoms with van der Waals surface area (Å²) < 4.78 is 0. The molecule has 120 valence electrons. The van der Waals surface area contributed by atoms with E-state index in [0.29, 0.717) is 13.1 Å². The number of amides is 4. The van der Waals surface area contributed by atoms with E-state index in [4.69, 9.17) is 0 Å². The van der Waals surface area contributed by atoms with Gasteiger partial charge in [-0.15, -0.1) is 0 Å². The molecule has 0 aromatic rings. The molecule has 2 saturated heterocycles. The number of hydrogen-bond acceptors (Lipinski definition) is 3. The minimum atomic E-state index is -0.396. The molecule has 2 aliphatic heterocycles. The Morgan fingerprint density at radius 3 is 2.24 bits per heavy atom. The Hall–Kier alpha value is -1.30. The van der Waals surface area contributed by atoms with Crippen LogP contribution in [0.15, 0.2) is 0 Å². The van der Waals surface area contributed by atoms with Gasteiger partial charge in [0.1, 0.15) is 0 Å². The highest BCUT2D eigenvalue weighted by Gasteiger charge is 2.46. The third-order valence-electron chi connectivity index (χ3n) is 4.81. The number of rotatable bonds is 2. The first-order valence-electron chi connectivity index (χ1n) is 7.80. The maximum atomic E-state index is 12.2. The molecule has 0 spiro atoms. The second kappa shape index (κ2) is 5.48. The van der Waals surface area contributed by atoms with Gasteiger partial charge >= 0.3 is 12.1 Å². The van der Waals surface area contributed by atoms with Crippen LogP contribution in [0.1, 0.15) is 47.5 Å². The van der Waals surface area contributed by atoms with Gasteiger partial charge in [0.25, 0.3) is 0 Å². The molecule has 2 N–H and O–H groups in total. The summed E-state index contributed by atoms with van der Waals surface area (Å²) in [6, 6.07) is -0.510. The Kier molecular flexibility index (Phi) is 4.19. The molecule has 0 aliphatic carbocycles. The zero-order valence-electron chi connectivity index (χ0n) is 13.8.